The number of rotatable bonds is 0. The molecule has 264 valence electrons. The maximum absolute atomic E-state index is 4.18. The molecule has 0 aliphatic heterocycles. The van der Waals surface area contributed by atoms with Crippen LogP contribution in [0.3, 0.4) is 0 Å². The van der Waals surface area contributed by atoms with Crippen molar-refractivity contribution in [3.05, 3.63) is 85.2 Å². The second kappa shape index (κ2) is 42.4. The molecule has 2 aromatic heterocycles. The summed E-state index contributed by atoms with van der Waals surface area (Å²) in [6.45, 7) is 40.8. The smallest absolute Gasteiger partial charge is 0.0701 e. The predicted molar refractivity (Wildman–Crippen MR) is 240 cm³/mol. The van der Waals surface area contributed by atoms with Gasteiger partial charge in [0.1, 0.15) is 0 Å². The van der Waals surface area contributed by atoms with Crippen LogP contribution in [0.25, 0.3) is 21.8 Å². The predicted octanol–water partition coefficient (Wildman–Crippen LogP) is 11.0. The van der Waals surface area contributed by atoms with E-state index in [0.29, 0.717) is 0 Å². The molecular weight excluding hydrogens is 838 g/mol. The fraction of sp³-hybridized carbons (Fsp3) is 0.500. The van der Waals surface area contributed by atoms with Crippen LogP contribution >= 0.6 is 47.5 Å². The topological polar surface area (TPSA) is 25.8 Å². The first-order chi connectivity index (χ1) is 20.3. The number of aromatic nitrogens is 2. The van der Waals surface area contributed by atoms with Crippen LogP contribution in [-0.4, -0.2) is 130 Å². The van der Waals surface area contributed by atoms with E-state index in [1.165, 1.54) is 10.8 Å². The van der Waals surface area contributed by atoms with Crippen molar-refractivity contribution < 1.29 is 42.1 Å². The zero-order valence-electron chi connectivity index (χ0n) is 32.8. The summed E-state index contributed by atoms with van der Waals surface area (Å²) in [6.07, 6.45) is 3.62. The van der Waals surface area contributed by atoms with E-state index < -0.39 is 0 Å². The first kappa shape index (κ1) is 59.4. The molecule has 2 nitrogen and oxygen atoms in total. The Balaban J connectivity index is -0.000000104. The van der Waals surface area contributed by atoms with Crippen molar-refractivity contribution in [2.45, 2.75) is 0 Å². The monoisotopic (exact) mass is 916 g/mol. The van der Waals surface area contributed by atoms with Crippen LogP contribution in [0.1, 0.15) is 0 Å². The van der Waals surface area contributed by atoms with Crippen LogP contribution in [0.5, 0.6) is 0 Å². The van der Waals surface area contributed by atoms with Crippen LogP contribution in [-0.2, 0) is 42.1 Å². The molecule has 46 heavy (non-hydrogen) atoms. The van der Waals surface area contributed by atoms with E-state index >= 15 is 0 Å². The largest absolute Gasteiger partial charge is 0.256 e. The van der Waals surface area contributed by atoms with Crippen molar-refractivity contribution in [1.82, 2.24) is 9.97 Å². The minimum Gasteiger partial charge on any atom is -0.256 e. The average molecular weight is 913 g/mol. The average Bonchev–Trinajstić information content (AvgIpc) is 2.87. The van der Waals surface area contributed by atoms with Gasteiger partial charge in [0.25, 0.3) is 0 Å². The summed E-state index contributed by atoms with van der Waals surface area (Å²) in [5.74, 6) is 0. The van der Waals surface area contributed by atoms with E-state index in [0.717, 1.165) is 11.0 Å². The molecule has 0 aliphatic carbocycles. The molecule has 0 radical (unpaired) electrons. The fourth-order valence-electron chi connectivity index (χ4n) is 2.03. The Morgan fingerprint density at radius 2 is 0.478 bits per heavy atom. The van der Waals surface area contributed by atoms with Crippen molar-refractivity contribution in [3.8, 4) is 0 Å². The molecule has 4 rings (SSSR count). The van der Waals surface area contributed by atoms with E-state index in [1.54, 1.807) is 0 Å². The minimum absolute atomic E-state index is 0. The minimum atomic E-state index is 0. The van der Waals surface area contributed by atoms with Gasteiger partial charge in [-0.05, 0) is 71.8 Å². The van der Waals surface area contributed by atoms with Gasteiger partial charge in [0.15, 0.2) is 0 Å². The molecule has 0 atom stereocenters. The maximum Gasteiger partial charge on any atom is 0.0701 e. The van der Waals surface area contributed by atoms with Gasteiger partial charge in [-0.3, -0.25) is 9.97 Å². The van der Waals surface area contributed by atoms with Crippen molar-refractivity contribution in [3.63, 3.8) is 0 Å². The number of benzene rings is 2. The molecular formula is C36H74Mo2N2P6+6. The van der Waals surface area contributed by atoms with Gasteiger partial charge in [0.05, 0.1) is 11.0 Å². The summed E-state index contributed by atoms with van der Waals surface area (Å²) in [7, 11) is 0.722. The first-order valence-electron chi connectivity index (χ1n) is 15.5. The molecule has 2 aromatic carbocycles. The number of fused-ring (bicyclic) bond motifs is 2. The second-order valence-electron chi connectivity index (χ2n) is 13.4. The van der Waals surface area contributed by atoms with Crippen LogP contribution in [0, 0.1) is 0 Å². The maximum atomic E-state index is 4.18. The molecule has 0 saturated carbocycles. The second-order valence-corrected chi connectivity index (χ2v) is 31.4. The van der Waals surface area contributed by atoms with Crippen molar-refractivity contribution >= 4 is 69.3 Å². The molecule has 4 aromatic rings. The molecule has 0 N–H and O–H groups in total. The van der Waals surface area contributed by atoms with Gasteiger partial charge < -0.3 is 0 Å². The number of nitrogens with zero attached hydrogens (tertiary/aromatic N) is 2. The molecule has 0 bridgehead atoms. The third-order valence-electron chi connectivity index (χ3n) is 3.02. The first-order valence-corrected chi connectivity index (χ1v) is 33.5. The van der Waals surface area contributed by atoms with Gasteiger partial charge >= 0.3 is 0 Å². The quantitative estimate of drug-likeness (QED) is 0.130. The van der Waals surface area contributed by atoms with Gasteiger partial charge in [-0.15, -0.1) is 0 Å². The Hall–Kier alpha value is 1.22. The summed E-state index contributed by atoms with van der Waals surface area (Å²) in [5.41, 5.74) is 2.12. The number of para-hydroxylation sites is 2. The Morgan fingerprint density at radius 3 is 0.674 bits per heavy atom. The summed E-state index contributed by atoms with van der Waals surface area (Å²) >= 11 is 0. The molecule has 0 unspecified atom stereocenters. The number of hydrogen-bond donors (Lipinski definition) is 0. The van der Waals surface area contributed by atoms with Gasteiger partial charge in [-0.2, -0.15) is 0 Å². The number of hydrogen-bond acceptors (Lipinski definition) is 2. The Kier molecular flexibility index (Phi) is 54.7. The Morgan fingerprint density at radius 1 is 0.304 bits per heavy atom. The Labute approximate surface area is 324 Å². The van der Waals surface area contributed by atoms with Gasteiger partial charge in [-0.1, -0.05) is 48.5 Å². The van der Waals surface area contributed by atoms with E-state index in [9.17, 15) is 0 Å². The molecule has 0 fully saturated rings. The van der Waals surface area contributed by atoms with Crippen molar-refractivity contribution in [1.29, 1.82) is 0 Å². The van der Waals surface area contributed by atoms with Crippen molar-refractivity contribution in [2.75, 3.05) is 120 Å². The van der Waals surface area contributed by atoms with E-state index in [1.807, 2.05) is 60.9 Å². The molecule has 0 aliphatic rings. The van der Waals surface area contributed by atoms with Gasteiger partial charge in [-0.25, -0.2) is 0 Å². The molecule has 0 saturated heterocycles. The SMILES string of the molecule is C[PH+](C)C.C[PH+](C)C.C[PH+](C)C.C[PH+](C)C.C[PH+](C)C.C[PH+](C)C.[Mo].[Mo].c1ccc2ncccc2c1.c1ccc2ncccc2c1. The van der Waals surface area contributed by atoms with E-state index in [-0.39, 0.29) is 89.7 Å². The molecule has 0 spiro atoms. The molecule has 0 amide bonds. The number of pyridine rings is 2. The van der Waals surface area contributed by atoms with Gasteiger partial charge in [0.2, 0.25) is 0 Å². The van der Waals surface area contributed by atoms with Crippen LogP contribution in [0.4, 0.5) is 0 Å². The third-order valence-corrected chi connectivity index (χ3v) is 3.02. The van der Waals surface area contributed by atoms with E-state index in [2.05, 4.69) is 154 Å². The Bertz CT molecular complexity index is 866. The van der Waals surface area contributed by atoms with Crippen molar-refractivity contribution in [2.24, 2.45) is 0 Å². The summed E-state index contributed by atoms with van der Waals surface area (Å²) < 4.78 is 0. The normalized spacial score (nSPS) is 9.04. The summed E-state index contributed by atoms with van der Waals surface area (Å²) in [6, 6.07) is 24.2. The molecule has 10 heteroatoms. The van der Waals surface area contributed by atoms with Crippen LogP contribution in [0.2, 0.25) is 0 Å². The summed E-state index contributed by atoms with van der Waals surface area (Å²) in [4.78, 5) is 8.36. The summed E-state index contributed by atoms with van der Waals surface area (Å²) in [5, 5.41) is 2.40. The van der Waals surface area contributed by atoms with Crippen LogP contribution < -0.4 is 0 Å². The zero-order valence-corrected chi connectivity index (χ0v) is 42.8. The van der Waals surface area contributed by atoms with Gasteiger partial charge in [0, 0.05) is 185 Å². The standard InChI is InChI=1S/2C9H7N.6C3H9P.2Mo/c2*1-2-6-9-8(4-1)5-3-7-10-9;6*1-4(2)3;;/h2*1-7H;6*1-3H3;;/p+6. The third kappa shape index (κ3) is 63.8. The fourth-order valence-corrected chi connectivity index (χ4v) is 2.03. The zero-order chi connectivity index (χ0) is 35.1. The van der Waals surface area contributed by atoms with Crippen LogP contribution in [0.15, 0.2) is 85.2 Å². The molecule has 2 heterocycles. The van der Waals surface area contributed by atoms with E-state index in [4.69, 9.17) is 0 Å².